The maximum Gasteiger partial charge on any atom is 0.326 e. The zero-order chi connectivity index (χ0) is 15.7. The van der Waals surface area contributed by atoms with Crippen molar-refractivity contribution < 1.29 is 14.0 Å². The van der Waals surface area contributed by atoms with Gasteiger partial charge >= 0.3 is 6.03 Å². The van der Waals surface area contributed by atoms with Gasteiger partial charge in [0, 0.05) is 26.2 Å². The van der Waals surface area contributed by atoms with Gasteiger partial charge in [0.25, 0.3) is 5.91 Å². The van der Waals surface area contributed by atoms with Crippen LogP contribution in [0, 0.1) is 5.82 Å². The van der Waals surface area contributed by atoms with E-state index in [0.29, 0.717) is 5.56 Å². The minimum atomic E-state index is -1.14. The summed E-state index contributed by atoms with van der Waals surface area (Å²) in [4.78, 5) is 28.2. The van der Waals surface area contributed by atoms with Crippen LogP contribution in [0.2, 0.25) is 0 Å². The first-order valence-electron chi connectivity index (χ1n) is 7.34. The average molecular weight is 306 g/mol. The van der Waals surface area contributed by atoms with Crippen molar-refractivity contribution in [2.75, 3.05) is 32.8 Å². The molecule has 0 aliphatic carbocycles. The van der Waals surface area contributed by atoms with E-state index < -0.39 is 11.6 Å². The first kappa shape index (κ1) is 14.9. The summed E-state index contributed by atoms with van der Waals surface area (Å²) in [6, 6.07) is 5.23. The zero-order valence-corrected chi connectivity index (χ0v) is 12.4. The smallest absolute Gasteiger partial charge is 0.319 e. The summed E-state index contributed by atoms with van der Waals surface area (Å²) < 4.78 is 13.1. The molecule has 0 spiro atoms. The Morgan fingerprint density at radius 2 is 1.82 bits per heavy atom. The Kier molecular flexibility index (Phi) is 3.84. The minimum absolute atomic E-state index is 0.281. The molecule has 0 radical (unpaired) electrons. The normalized spacial score (nSPS) is 26.4. The van der Waals surface area contributed by atoms with Gasteiger partial charge in [0.1, 0.15) is 11.4 Å². The van der Waals surface area contributed by atoms with Crippen LogP contribution in [0.4, 0.5) is 9.18 Å². The molecule has 0 saturated carbocycles. The Bertz CT molecular complexity index is 586. The molecular weight excluding hydrogens is 287 g/mol. The minimum Gasteiger partial charge on any atom is -0.319 e. The number of nitrogens with one attached hydrogen (secondary N) is 2. The molecular formula is C15H19FN4O2. The lowest BCUT2D eigenvalue weighted by atomic mass is 9.92. The van der Waals surface area contributed by atoms with E-state index in [1.54, 1.807) is 6.92 Å². The van der Waals surface area contributed by atoms with Crippen molar-refractivity contribution in [3.05, 3.63) is 35.6 Å². The number of rotatable bonds is 3. The van der Waals surface area contributed by atoms with Crippen LogP contribution < -0.4 is 10.6 Å². The summed E-state index contributed by atoms with van der Waals surface area (Å²) in [6.07, 6.45) is 0. The standard InChI is InChI=1S/C15H19FN4O2/c1-15(11-2-4-12(16)5-3-11)13(21)20(14(22)18-15)10-19-8-6-17-7-9-19/h2-5,17H,6-10H2,1H3,(H,18,22). The van der Waals surface area contributed by atoms with Crippen LogP contribution in [0.5, 0.6) is 0 Å². The third-order valence-corrected chi connectivity index (χ3v) is 4.25. The molecule has 2 aliphatic heterocycles. The van der Waals surface area contributed by atoms with Gasteiger partial charge in [-0.1, -0.05) is 12.1 Å². The predicted molar refractivity (Wildman–Crippen MR) is 78.4 cm³/mol. The molecule has 2 aliphatic rings. The fourth-order valence-corrected chi connectivity index (χ4v) is 2.86. The van der Waals surface area contributed by atoms with Crippen LogP contribution >= 0.6 is 0 Å². The number of piperazine rings is 1. The third kappa shape index (κ3) is 2.57. The second kappa shape index (κ2) is 5.66. The molecule has 7 heteroatoms. The Morgan fingerprint density at radius 1 is 1.18 bits per heavy atom. The molecule has 2 N–H and O–H groups in total. The van der Waals surface area contributed by atoms with Crippen LogP contribution in [-0.2, 0) is 10.3 Å². The summed E-state index contributed by atoms with van der Waals surface area (Å²) in [5, 5.41) is 5.96. The highest BCUT2D eigenvalue weighted by Gasteiger charge is 2.49. The van der Waals surface area contributed by atoms with E-state index in [1.165, 1.54) is 29.2 Å². The van der Waals surface area contributed by atoms with Gasteiger partial charge in [-0.2, -0.15) is 0 Å². The monoisotopic (exact) mass is 306 g/mol. The zero-order valence-electron chi connectivity index (χ0n) is 12.4. The molecule has 3 rings (SSSR count). The highest BCUT2D eigenvalue weighted by atomic mass is 19.1. The van der Waals surface area contributed by atoms with Gasteiger partial charge in [0.05, 0.1) is 6.67 Å². The van der Waals surface area contributed by atoms with Crippen molar-refractivity contribution in [2.24, 2.45) is 0 Å². The number of halogens is 1. The molecule has 0 aromatic heterocycles. The summed E-state index contributed by atoms with van der Waals surface area (Å²) in [5.41, 5.74) is -0.561. The molecule has 1 atom stereocenters. The fraction of sp³-hybridized carbons (Fsp3) is 0.467. The van der Waals surface area contributed by atoms with Crippen molar-refractivity contribution >= 4 is 11.9 Å². The van der Waals surface area contributed by atoms with E-state index in [1.807, 2.05) is 0 Å². The number of hydrogen-bond acceptors (Lipinski definition) is 4. The molecule has 0 bridgehead atoms. The van der Waals surface area contributed by atoms with E-state index >= 15 is 0 Å². The van der Waals surface area contributed by atoms with E-state index in [4.69, 9.17) is 0 Å². The van der Waals surface area contributed by atoms with Gasteiger partial charge in [-0.15, -0.1) is 0 Å². The molecule has 2 heterocycles. The summed E-state index contributed by atoms with van der Waals surface area (Å²) in [5.74, 6) is -0.676. The lowest BCUT2D eigenvalue weighted by Gasteiger charge is -2.30. The number of urea groups is 1. The average Bonchev–Trinajstić information content (AvgIpc) is 2.73. The van der Waals surface area contributed by atoms with Crippen LogP contribution in [0.1, 0.15) is 12.5 Å². The molecule has 2 saturated heterocycles. The van der Waals surface area contributed by atoms with Crippen molar-refractivity contribution in [3.63, 3.8) is 0 Å². The van der Waals surface area contributed by atoms with Crippen LogP contribution in [-0.4, -0.2) is 54.6 Å². The van der Waals surface area contributed by atoms with Gasteiger partial charge in [-0.3, -0.25) is 9.69 Å². The molecule has 1 aromatic rings. The van der Waals surface area contributed by atoms with Crippen LogP contribution in [0.3, 0.4) is 0 Å². The van der Waals surface area contributed by atoms with Gasteiger partial charge in [0.2, 0.25) is 0 Å². The van der Waals surface area contributed by atoms with Gasteiger partial charge < -0.3 is 10.6 Å². The first-order valence-corrected chi connectivity index (χ1v) is 7.34. The van der Waals surface area contributed by atoms with Crippen molar-refractivity contribution in [1.82, 2.24) is 20.4 Å². The van der Waals surface area contributed by atoms with Crippen molar-refractivity contribution in [1.29, 1.82) is 0 Å². The Balaban J connectivity index is 1.79. The molecule has 6 nitrogen and oxygen atoms in total. The summed E-state index contributed by atoms with van der Waals surface area (Å²) >= 11 is 0. The van der Waals surface area contributed by atoms with Crippen molar-refractivity contribution in [3.8, 4) is 0 Å². The Morgan fingerprint density at radius 3 is 2.45 bits per heavy atom. The molecule has 1 unspecified atom stereocenters. The molecule has 22 heavy (non-hydrogen) atoms. The topological polar surface area (TPSA) is 64.7 Å². The third-order valence-electron chi connectivity index (χ3n) is 4.25. The van der Waals surface area contributed by atoms with Gasteiger partial charge in [-0.05, 0) is 24.6 Å². The Hall–Kier alpha value is -1.99. The van der Waals surface area contributed by atoms with E-state index in [2.05, 4.69) is 15.5 Å². The molecule has 1 aromatic carbocycles. The largest absolute Gasteiger partial charge is 0.326 e. The molecule has 2 fully saturated rings. The number of hydrogen-bond donors (Lipinski definition) is 2. The van der Waals surface area contributed by atoms with Gasteiger partial charge in [0.15, 0.2) is 0 Å². The SMILES string of the molecule is CC1(c2ccc(F)cc2)NC(=O)N(CN2CCNCC2)C1=O. The number of carbonyl (C=O) groups excluding carboxylic acids is 2. The predicted octanol–water partition coefficient (Wildman–Crippen LogP) is 0.455. The maximum absolute atomic E-state index is 13.1. The number of nitrogens with zero attached hydrogens (tertiary/aromatic N) is 2. The molecule has 3 amide bonds. The highest BCUT2D eigenvalue weighted by molar-refractivity contribution is 6.07. The van der Waals surface area contributed by atoms with E-state index in [-0.39, 0.29) is 18.4 Å². The molecule has 118 valence electrons. The van der Waals surface area contributed by atoms with Gasteiger partial charge in [-0.25, -0.2) is 14.1 Å². The van der Waals surface area contributed by atoms with Crippen molar-refractivity contribution in [2.45, 2.75) is 12.5 Å². The number of amides is 3. The Labute approximate surface area is 128 Å². The number of imide groups is 1. The lowest BCUT2D eigenvalue weighted by molar-refractivity contribution is -0.132. The number of carbonyl (C=O) groups is 2. The van der Waals surface area contributed by atoms with E-state index in [9.17, 15) is 14.0 Å². The van der Waals surface area contributed by atoms with Crippen LogP contribution in [0.15, 0.2) is 24.3 Å². The highest BCUT2D eigenvalue weighted by Crippen LogP contribution is 2.29. The summed E-state index contributed by atoms with van der Waals surface area (Å²) in [7, 11) is 0. The lowest BCUT2D eigenvalue weighted by Crippen LogP contribution is -2.50. The van der Waals surface area contributed by atoms with E-state index in [0.717, 1.165) is 26.2 Å². The fourth-order valence-electron chi connectivity index (χ4n) is 2.86. The maximum atomic E-state index is 13.1. The summed E-state index contributed by atoms with van der Waals surface area (Å²) in [6.45, 7) is 5.22. The number of benzene rings is 1. The second-order valence-corrected chi connectivity index (χ2v) is 5.80. The first-order chi connectivity index (χ1) is 10.5. The second-order valence-electron chi connectivity index (χ2n) is 5.80. The van der Waals surface area contributed by atoms with Crippen LogP contribution in [0.25, 0.3) is 0 Å². The quantitative estimate of drug-likeness (QED) is 0.796.